The van der Waals surface area contributed by atoms with E-state index in [0.29, 0.717) is 5.11 Å². The van der Waals surface area contributed by atoms with E-state index >= 15 is 0 Å². The molecule has 0 saturated carbocycles. The van der Waals surface area contributed by atoms with Crippen LogP contribution in [0.5, 0.6) is 0 Å². The monoisotopic (exact) mass is 329 g/mol. The Hall–Kier alpha value is -2.25. The molecule has 5 nitrogen and oxygen atoms in total. The van der Waals surface area contributed by atoms with Crippen LogP contribution in [0.25, 0.3) is 11.0 Å². The molecule has 112 valence electrons. The highest BCUT2D eigenvalue weighted by molar-refractivity contribution is 7.80. The maximum atomic E-state index is 5.34. The third-order valence-corrected chi connectivity index (χ3v) is 3.91. The number of thiocarbonyl (C=S) groups is 1. The average molecular weight is 329 g/mol. The van der Waals surface area contributed by atoms with Crippen LogP contribution in [-0.2, 0) is 0 Å². The normalized spacial score (nSPS) is 10.5. The second-order valence-electron chi connectivity index (χ2n) is 4.99. The van der Waals surface area contributed by atoms with Crippen LogP contribution in [0, 0.1) is 0 Å². The van der Waals surface area contributed by atoms with Gasteiger partial charge in [-0.3, -0.25) is 0 Å². The molecule has 0 bridgehead atoms. The van der Waals surface area contributed by atoms with Crippen LogP contribution in [0.2, 0.25) is 0 Å². The van der Waals surface area contributed by atoms with Crippen molar-refractivity contribution in [1.82, 2.24) is 8.75 Å². The van der Waals surface area contributed by atoms with Crippen LogP contribution in [-0.4, -0.2) is 28.0 Å². The van der Waals surface area contributed by atoms with Gasteiger partial charge in [-0.1, -0.05) is 0 Å². The smallest absolute Gasteiger partial charge is 0.175 e. The molecule has 22 heavy (non-hydrogen) atoms. The molecular formula is C15H15N5S2. The van der Waals surface area contributed by atoms with Crippen molar-refractivity contribution >= 4 is 57.2 Å². The molecule has 0 aliphatic carbocycles. The molecule has 0 aliphatic rings. The van der Waals surface area contributed by atoms with Gasteiger partial charge in [0.2, 0.25) is 0 Å². The fraction of sp³-hybridized carbons (Fsp3) is 0.133. The van der Waals surface area contributed by atoms with Crippen molar-refractivity contribution in [2.75, 3.05) is 29.6 Å². The Bertz CT molecular complexity index is 795. The highest BCUT2D eigenvalue weighted by Gasteiger charge is 2.03. The van der Waals surface area contributed by atoms with Crippen LogP contribution in [0.4, 0.5) is 17.1 Å². The lowest BCUT2D eigenvalue weighted by Crippen LogP contribution is -2.19. The molecule has 0 amide bonds. The second-order valence-corrected chi connectivity index (χ2v) is 5.92. The number of hydrogen-bond acceptors (Lipinski definition) is 5. The predicted octanol–water partition coefficient (Wildman–Crippen LogP) is 3.57. The van der Waals surface area contributed by atoms with E-state index in [4.69, 9.17) is 12.2 Å². The minimum Gasteiger partial charge on any atom is -0.378 e. The average Bonchev–Trinajstić information content (AvgIpc) is 2.95. The second kappa shape index (κ2) is 6.25. The van der Waals surface area contributed by atoms with Gasteiger partial charge in [-0.2, -0.15) is 8.75 Å². The Labute approximate surface area is 138 Å². The first-order valence-electron chi connectivity index (χ1n) is 6.69. The van der Waals surface area contributed by atoms with Gasteiger partial charge in [-0.05, 0) is 54.7 Å². The highest BCUT2D eigenvalue weighted by atomic mass is 32.1. The summed E-state index contributed by atoms with van der Waals surface area (Å²) in [4.78, 5) is 2.05. The van der Waals surface area contributed by atoms with E-state index in [1.165, 1.54) is 11.7 Å². The fourth-order valence-corrected chi connectivity index (χ4v) is 2.75. The van der Waals surface area contributed by atoms with E-state index < -0.39 is 0 Å². The van der Waals surface area contributed by atoms with Crippen molar-refractivity contribution in [3.63, 3.8) is 0 Å². The number of fused-ring (bicyclic) bond motifs is 1. The van der Waals surface area contributed by atoms with Gasteiger partial charge in [0, 0.05) is 31.2 Å². The highest BCUT2D eigenvalue weighted by Crippen LogP contribution is 2.18. The molecule has 0 fully saturated rings. The minimum atomic E-state index is 0.542. The summed E-state index contributed by atoms with van der Waals surface area (Å²) in [6.45, 7) is 0. The SMILES string of the molecule is CN(C)c1ccc(NC(=S)Nc2ccc3nsnc3c2)cc1. The number of aromatic nitrogens is 2. The molecule has 1 heterocycles. The maximum Gasteiger partial charge on any atom is 0.175 e. The molecule has 0 unspecified atom stereocenters. The lowest BCUT2D eigenvalue weighted by Gasteiger charge is -2.14. The summed E-state index contributed by atoms with van der Waals surface area (Å²) in [5.41, 5.74) is 4.75. The molecule has 3 aromatic rings. The molecule has 0 aliphatic heterocycles. The van der Waals surface area contributed by atoms with Gasteiger partial charge in [0.25, 0.3) is 0 Å². The minimum absolute atomic E-state index is 0.542. The molecule has 1 aromatic heterocycles. The van der Waals surface area contributed by atoms with E-state index in [-0.39, 0.29) is 0 Å². The van der Waals surface area contributed by atoms with Crippen LogP contribution in [0.1, 0.15) is 0 Å². The van der Waals surface area contributed by atoms with Crippen molar-refractivity contribution in [2.24, 2.45) is 0 Å². The summed E-state index contributed by atoms with van der Waals surface area (Å²) in [5.74, 6) is 0. The quantitative estimate of drug-likeness (QED) is 0.717. The standard InChI is InChI=1S/C15H15N5S2/c1-20(2)12-6-3-10(4-7-12)16-15(21)17-11-5-8-13-14(9-11)19-22-18-13/h3-9H,1-2H3,(H2,16,17,21). The summed E-state index contributed by atoms with van der Waals surface area (Å²) in [6, 6.07) is 13.9. The first-order valence-corrected chi connectivity index (χ1v) is 7.83. The van der Waals surface area contributed by atoms with Crippen molar-refractivity contribution in [3.05, 3.63) is 42.5 Å². The fourth-order valence-electron chi connectivity index (χ4n) is 2.00. The van der Waals surface area contributed by atoms with Gasteiger partial charge in [-0.25, -0.2) is 0 Å². The zero-order chi connectivity index (χ0) is 15.5. The molecule has 2 aromatic carbocycles. The molecule has 0 radical (unpaired) electrons. The van der Waals surface area contributed by atoms with E-state index in [0.717, 1.165) is 28.1 Å². The number of hydrogen-bond donors (Lipinski definition) is 2. The number of anilines is 3. The van der Waals surface area contributed by atoms with Crippen LogP contribution < -0.4 is 15.5 Å². The third-order valence-electron chi connectivity index (χ3n) is 3.15. The van der Waals surface area contributed by atoms with Crippen LogP contribution in [0.15, 0.2) is 42.5 Å². The summed E-state index contributed by atoms with van der Waals surface area (Å²) >= 11 is 6.54. The Kier molecular flexibility index (Phi) is 4.17. The first-order chi connectivity index (χ1) is 10.6. The third kappa shape index (κ3) is 3.32. The summed E-state index contributed by atoms with van der Waals surface area (Å²) in [6.07, 6.45) is 0. The zero-order valence-electron chi connectivity index (χ0n) is 12.2. The van der Waals surface area contributed by atoms with Gasteiger partial charge in [0.1, 0.15) is 11.0 Å². The number of benzene rings is 2. The number of nitrogens with one attached hydrogen (secondary N) is 2. The Morgan fingerprint density at radius 3 is 2.32 bits per heavy atom. The Morgan fingerprint density at radius 2 is 1.59 bits per heavy atom. The first kappa shape index (κ1) is 14.7. The van der Waals surface area contributed by atoms with Crippen molar-refractivity contribution in [1.29, 1.82) is 0 Å². The van der Waals surface area contributed by atoms with Gasteiger partial charge >= 0.3 is 0 Å². The van der Waals surface area contributed by atoms with E-state index in [2.05, 4.69) is 24.3 Å². The molecule has 0 saturated heterocycles. The summed E-state index contributed by atoms with van der Waals surface area (Å²) in [7, 11) is 4.02. The lowest BCUT2D eigenvalue weighted by atomic mass is 10.2. The Balaban J connectivity index is 1.66. The largest absolute Gasteiger partial charge is 0.378 e. The Morgan fingerprint density at radius 1 is 0.955 bits per heavy atom. The summed E-state index contributed by atoms with van der Waals surface area (Å²) < 4.78 is 8.40. The van der Waals surface area contributed by atoms with E-state index in [9.17, 15) is 0 Å². The van der Waals surface area contributed by atoms with E-state index in [1.54, 1.807) is 0 Å². The van der Waals surface area contributed by atoms with Crippen molar-refractivity contribution < 1.29 is 0 Å². The molecular weight excluding hydrogens is 314 g/mol. The molecule has 2 N–H and O–H groups in total. The molecule has 0 spiro atoms. The summed E-state index contributed by atoms with van der Waals surface area (Å²) in [5, 5.41) is 6.87. The molecule has 0 atom stereocenters. The number of rotatable bonds is 3. The lowest BCUT2D eigenvalue weighted by molar-refractivity contribution is 1.13. The van der Waals surface area contributed by atoms with Crippen molar-refractivity contribution in [2.45, 2.75) is 0 Å². The van der Waals surface area contributed by atoms with Crippen LogP contribution >= 0.6 is 23.9 Å². The van der Waals surface area contributed by atoms with Gasteiger partial charge in [0.05, 0.1) is 11.7 Å². The predicted molar refractivity (Wildman–Crippen MR) is 98.0 cm³/mol. The van der Waals surface area contributed by atoms with Crippen LogP contribution in [0.3, 0.4) is 0 Å². The molecule has 3 rings (SSSR count). The number of nitrogens with zero attached hydrogens (tertiary/aromatic N) is 3. The maximum absolute atomic E-state index is 5.34. The molecule has 7 heteroatoms. The zero-order valence-corrected chi connectivity index (χ0v) is 13.8. The van der Waals surface area contributed by atoms with Crippen molar-refractivity contribution in [3.8, 4) is 0 Å². The van der Waals surface area contributed by atoms with Gasteiger partial charge in [-0.15, -0.1) is 0 Å². The topological polar surface area (TPSA) is 53.1 Å². The van der Waals surface area contributed by atoms with Gasteiger partial charge in [0.15, 0.2) is 5.11 Å². The van der Waals surface area contributed by atoms with E-state index in [1.807, 2.05) is 56.6 Å². The van der Waals surface area contributed by atoms with Gasteiger partial charge < -0.3 is 15.5 Å².